The van der Waals surface area contributed by atoms with Gasteiger partial charge in [0.05, 0.1) is 5.60 Å². The van der Waals surface area contributed by atoms with E-state index in [4.69, 9.17) is 9.84 Å². The van der Waals surface area contributed by atoms with Crippen molar-refractivity contribution in [1.82, 2.24) is 19.6 Å². The zero-order valence-electron chi connectivity index (χ0n) is 17.3. The number of aromatic nitrogens is 4. The number of methoxy groups -OCH3 is 1. The minimum absolute atomic E-state index is 0.264. The van der Waals surface area contributed by atoms with Gasteiger partial charge in [-0.05, 0) is 54.2 Å². The fourth-order valence-electron chi connectivity index (χ4n) is 3.75. The van der Waals surface area contributed by atoms with E-state index in [9.17, 15) is 19.4 Å². The molecular formula is C19H20F5N5O2S2. The Labute approximate surface area is 190 Å². The van der Waals surface area contributed by atoms with Crippen molar-refractivity contribution in [2.75, 3.05) is 25.1 Å². The van der Waals surface area contributed by atoms with Crippen LogP contribution < -0.4 is 4.90 Å². The van der Waals surface area contributed by atoms with E-state index in [1.54, 1.807) is 12.1 Å². The third-order valence-electron chi connectivity index (χ3n) is 5.59. The van der Waals surface area contributed by atoms with Gasteiger partial charge in [0, 0.05) is 20.2 Å². The Hall–Kier alpha value is -2.42. The molecule has 1 fully saturated rings. The number of benzene rings is 1. The minimum atomic E-state index is -9.72. The van der Waals surface area contributed by atoms with E-state index in [0.717, 1.165) is 23.7 Å². The van der Waals surface area contributed by atoms with Gasteiger partial charge in [0.1, 0.15) is 17.2 Å². The fraction of sp³-hybridized carbons (Fsp3) is 0.368. The molecule has 1 saturated heterocycles. The molecule has 0 saturated carbocycles. The minimum Gasteiger partial charge on any atom is -0.388 e. The molecule has 180 valence electrons. The van der Waals surface area contributed by atoms with Crippen LogP contribution in [0.4, 0.5) is 25.2 Å². The summed E-state index contributed by atoms with van der Waals surface area (Å²) in [7, 11) is -8.27. The topological polar surface area (TPSA) is 84.3 Å². The van der Waals surface area contributed by atoms with Gasteiger partial charge in [-0.3, -0.25) is 0 Å². The highest BCUT2D eigenvalue weighted by Crippen LogP contribution is 3.02. The number of hydrogen-bond acceptors (Lipinski definition) is 8. The first kappa shape index (κ1) is 23.7. The van der Waals surface area contributed by atoms with Crippen molar-refractivity contribution in [2.45, 2.75) is 29.9 Å². The fourth-order valence-corrected chi connectivity index (χ4v) is 5.04. The van der Waals surface area contributed by atoms with Crippen LogP contribution >= 0.6 is 21.8 Å². The molecule has 14 heteroatoms. The van der Waals surface area contributed by atoms with Crippen LogP contribution in [-0.4, -0.2) is 44.9 Å². The lowest BCUT2D eigenvalue weighted by Gasteiger charge is -2.43. The van der Waals surface area contributed by atoms with Crippen LogP contribution in [0.5, 0.6) is 0 Å². The predicted molar refractivity (Wildman–Crippen MR) is 115 cm³/mol. The zero-order chi connectivity index (χ0) is 24.0. The Morgan fingerprint density at radius 1 is 1.03 bits per heavy atom. The lowest BCUT2D eigenvalue weighted by atomic mass is 9.84. The lowest BCUT2D eigenvalue weighted by Crippen LogP contribution is -2.44. The van der Waals surface area contributed by atoms with Gasteiger partial charge in [0.15, 0.2) is 16.6 Å². The molecule has 1 aliphatic heterocycles. The monoisotopic (exact) mass is 509 g/mol. The highest BCUT2D eigenvalue weighted by Gasteiger charge is 2.65. The number of ether oxygens (including phenoxy) is 1. The second-order valence-electron chi connectivity index (χ2n) is 7.63. The Bertz CT molecular complexity index is 1130. The Kier molecular flexibility index (Phi) is 5.43. The number of aliphatic hydroxyl groups excluding tert-OH is 1. The second kappa shape index (κ2) is 7.55. The highest BCUT2D eigenvalue weighted by molar-refractivity contribution is 8.45. The molecule has 1 N–H and O–H groups in total. The van der Waals surface area contributed by atoms with Crippen LogP contribution in [0.25, 0.3) is 10.7 Å². The summed E-state index contributed by atoms with van der Waals surface area (Å²) < 4.78 is 74.8. The average Bonchev–Trinajstić information content (AvgIpc) is 3.27. The first-order valence-electron chi connectivity index (χ1n) is 9.76. The van der Waals surface area contributed by atoms with E-state index in [-0.39, 0.29) is 6.61 Å². The van der Waals surface area contributed by atoms with Crippen molar-refractivity contribution in [2.24, 2.45) is 0 Å². The number of piperidine rings is 1. The van der Waals surface area contributed by atoms with E-state index in [2.05, 4.69) is 19.6 Å². The number of rotatable bonds is 6. The maximum Gasteiger partial charge on any atom is 0.310 e. The molecule has 7 nitrogen and oxygen atoms in total. The number of anilines is 1. The van der Waals surface area contributed by atoms with Crippen molar-refractivity contribution in [3.8, 4) is 10.7 Å². The summed E-state index contributed by atoms with van der Waals surface area (Å²) >= 11 is 1.10. The normalized spacial score (nSPS) is 18.6. The van der Waals surface area contributed by atoms with Crippen LogP contribution in [-0.2, 0) is 16.9 Å². The predicted octanol–water partition coefficient (Wildman–Crippen LogP) is 5.29. The van der Waals surface area contributed by atoms with Crippen LogP contribution in [0.3, 0.4) is 0 Å². The molecule has 0 bridgehead atoms. The Morgan fingerprint density at radius 3 is 2.18 bits per heavy atom. The SMILES string of the molecule is COC1(c2ccc(S(F)(F)(F)(F)F)cc2)CCN(c2ccc(-c3nc(CO)ns3)nn2)CC1. The molecule has 3 heterocycles. The Morgan fingerprint density at radius 2 is 1.70 bits per heavy atom. The second-order valence-corrected chi connectivity index (χ2v) is 10.8. The van der Waals surface area contributed by atoms with Crippen LogP contribution in [0.2, 0.25) is 0 Å². The van der Waals surface area contributed by atoms with E-state index in [1.807, 2.05) is 4.90 Å². The summed E-state index contributed by atoms with van der Waals surface area (Å²) in [5, 5.41) is 18.0. The van der Waals surface area contributed by atoms with Crippen molar-refractivity contribution in [1.29, 1.82) is 0 Å². The van der Waals surface area contributed by atoms with Gasteiger partial charge in [-0.2, -0.15) is 4.37 Å². The smallest absolute Gasteiger partial charge is 0.310 e. The summed E-state index contributed by atoms with van der Waals surface area (Å²) in [5.41, 5.74) is 0.0313. The average molecular weight is 510 g/mol. The largest absolute Gasteiger partial charge is 0.388 e. The summed E-state index contributed by atoms with van der Waals surface area (Å²) in [5.74, 6) is 0.910. The molecule has 0 spiro atoms. The van der Waals surface area contributed by atoms with Crippen molar-refractivity contribution < 1.29 is 29.3 Å². The van der Waals surface area contributed by atoms with Crippen LogP contribution in [0.1, 0.15) is 24.2 Å². The number of hydrogen-bond donors (Lipinski definition) is 1. The molecule has 4 rings (SSSR count). The molecule has 0 amide bonds. The first-order valence-corrected chi connectivity index (χ1v) is 12.5. The third-order valence-corrected chi connectivity index (χ3v) is 7.53. The van der Waals surface area contributed by atoms with Gasteiger partial charge in [-0.15, -0.1) is 10.2 Å². The molecule has 2 aromatic heterocycles. The summed E-state index contributed by atoms with van der Waals surface area (Å²) in [4.78, 5) is 4.18. The molecule has 1 aromatic carbocycles. The quantitative estimate of drug-likeness (QED) is 0.452. The van der Waals surface area contributed by atoms with Gasteiger partial charge in [-0.1, -0.05) is 31.6 Å². The van der Waals surface area contributed by atoms with Gasteiger partial charge < -0.3 is 14.7 Å². The zero-order valence-corrected chi connectivity index (χ0v) is 18.9. The van der Waals surface area contributed by atoms with E-state index >= 15 is 0 Å². The third kappa shape index (κ3) is 4.93. The maximum absolute atomic E-state index is 13.0. The lowest BCUT2D eigenvalue weighted by molar-refractivity contribution is -0.0348. The molecule has 0 aliphatic carbocycles. The van der Waals surface area contributed by atoms with E-state index < -0.39 is 20.7 Å². The van der Waals surface area contributed by atoms with Crippen LogP contribution in [0.15, 0.2) is 41.3 Å². The summed E-state index contributed by atoms with van der Waals surface area (Å²) in [6.45, 7) is 0.678. The maximum atomic E-state index is 13.0. The van der Waals surface area contributed by atoms with Crippen molar-refractivity contribution in [3.05, 3.63) is 47.8 Å². The van der Waals surface area contributed by atoms with Crippen molar-refractivity contribution >= 4 is 27.6 Å². The molecule has 0 radical (unpaired) electrons. The molecule has 3 aromatic rings. The number of halogens is 5. The van der Waals surface area contributed by atoms with Gasteiger partial charge in [-0.25, -0.2) is 4.98 Å². The van der Waals surface area contributed by atoms with Gasteiger partial charge in [0.25, 0.3) is 0 Å². The standard InChI is InChI=1S/C19H20F5N5O2S2/c1-31-19(13-2-4-14(5-3-13)33(20,21,22,23)24)8-10-29(11-9-19)17-7-6-15(26-27-17)18-25-16(12-30)28-32-18/h2-7,30H,8-12H2,1H3. The van der Waals surface area contributed by atoms with Gasteiger partial charge in [0.2, 0.25) is 0 Å². The van der Waals surface area contributed by atoms with Crippen LogP contribution in [0, 0.1) is 0 Å². The highest BCUT2D eigenvalue weighted by atomic mass is 32.5. The van der Waals surface area contributed by atoms with E-state index in [0.29, 0.717) is 66.0 Å². The molecule has 0 atom stereocenters. The molecular weight excluding hydrogens is 489 g/mol. The Balaban J connectivity index is 1.47. The molecule has 33 heavy (non-hydrogen) atoms. The van der Waals surface area contributed by atoms with Gasteiger partial charge >= 0.3 is 10.2 Å². The van der Waals surface area contributed by atoms with E-state index in [1.165, 1.54) is 7.11 Å². The van der Waals surface area contributed by atoms with Crippen molar-refractivity contribution in [3.63, 3.8) is 0 Å². The first-order chi connectivity index (χ1) is 15.3. The summed E-state index contributed by atoms with van der Waals surface area (Å²) in [6.07, 6.45) is 0.831. The molecule has 1 aliphatic rings. The summed E-state index contributed by atoms with van der Waals surface area (Å²) in [6, 6.07) is 6.47. The number of nitrogens with zero attached hydrogens (tertiary/aromatic N) is 5. The molecule has 0 unspecified atom stereocenters. The number of aliphatic hydroxyl groups is 1.